The van der Waals surface area contributed by atoms with Gasteiger partial charge in [-0.3, -0.25) is 0 Å². The Labute approximate surface area is 156 Å². The highest BCUT2D eigenvalue weighted by Crippen LogP contribution is 2.37. The monoisotopic (exact) mass is 340 g/mol. The van der Waals surface area contributed by atoms with E-state index in [0.717, 1.165) is 35.5 Å². The van der Waals surface area contributed by atoms with E-state index in [9.17, 15) is 0 Å². The predicted octanol–water partition coefficient (Wildman–Crippen LogP) is 6.91. The fourth-order valence-corrected chi connectivity index (χ4v) is 3.11. The molecule has 0 heterocycles. The SMILES string of the molecule is C=CCc1ccccc1Oc1ccc(C)cc1-c1ccccc1CC=C. The van der Waals surface area contributed by atoms with Crippen LogP contribution in [0.4, 0.5) is 0 Å². The molecule has 0 aromatic heterocycles. The fourth-order valence-electron chi connectivity index (χ4n) is 3.11. The van der Waals surface area contributed by atoms with Crippen molar-refractivity contribution in [3.8, 4) is 22.6 Å². The number of hydrogen-bond acceptors (Lipinski definition) is 1. The summed E-state index contributed by atoms with van der Waals surface area (Å²) in [6.45, 7) is 9.84. The summed E-state index contributed by atoms with van der Waals surface area (Å²) < 4.78 is 6.36. The van der Waals surface area contributed by atoms with Gasteiger partial charge in [-0.1, -0.05) is 66.2 Å². The molecule has 0 atom stereocenters. The highest BCUT2D eigenvalue weighted by molar-refractivity contribution is 5.74. The minimum Gasteiger partial charge on any atom is -0.456 e. The van der Waals surface area contributed by atoms with Gasteiger partial charge in [0.25, 0.3) is 0 Å². The highest BCUT2D eigenvalue weighted by atomic mass is 16.5. The Morgan fingerprint density at radius 3 is 2.15 bits per heavy atom. The molecule has 3 aromatic carbocycles. The quantitative estimate of drug-likeness (QED) is 0.425. The molecule has 0 aliphatic carbocycles. The van der Waals surface area contributed by atoms with Gasteiger partial charge in [-0.15, -0.1) is 13.2 Å². The molecule has 0 saturated carbocycles. The van der Waals surface area contributed by atoms with Gasteiger partial charge in [0.05, 0.1) is 0 Å². The molecule has 1 heteroatoms. The van der Waals surface area contributed by atoms with Crippen LogP contribution in [0.25, 0.3) is 11.1 Å². The van der Waals surface area contributed by atoms with Crippen LogP contribution < -0.4 is 4.74 Å². The normalized spacial score (nSPS) is 10.3. The van der Waals surface area contributed by atoms with E-state index < -0.39 is 0 Å². The topological polar surface area (TPSA) is 9.23 Å². The highest BCUT2D eigenvalue weighted by Gasteiger charge is 2.12. The molecule has 0 N–H and O–H groups in total. The molecule has 0 amide bonds. The van der Waals surface area contributed by atoms with Gasteiger partial charge in [0.2, 0.25) is 0 Å². The number of para-hydroxylation sites is 1. The van der Waals surface area contributed by atoms with Gasteiger partial charge in [0, 0.05) is 5.56 Å². The van der Waals surface area contributed by atoms with Crippen LogP contribution in [0.3, 0.4) is 0 Å². The Morgan fingerprint density at radius 2 is 1.38 bits per heavy atom. The first-order valence-electron chi connectivity index (χ1n) is 8.89. The molecular formula is C25H24O. The first-order valence-corrected chi connectivity index (χ1v) is 8.89. The molecule has 0 bridgehead atoms. The summed E-state index contributed by atoms with van der Waals surface area (Å²) in [5.74, 6) is 1.74. The van der Waals surface area contributed by atoms with Crippen LogP contribution in [-0.4, -0.2) is 0 Å². The lowest BCUT2D eigenvalue weighted by Crippen LogP contribution is -1.95. The van der Waals surface area contributed by atoms with Crippen molar-refractivity contribution in [2.24, 2.45) is 0 Å². The summed E-state index contributed by atoms with van der Waals surface area (Å²) in [4.78, 5) is 0. The number of hydrogen-bond donors (Lipinski definition) is 0. The van der Waals surface area contributed by atoms with Crippen LogP contribution in [0.2, 0.25) is 0 Å². The number of allylic oxidation sites excluding steroid dienone is 2. The molecule has 1 nitrogen and oxygen atoms in total. The van der Waals surface area contributed by atoms with E-state index in [-0.39, 0.29) is 0 Å². The van der Waals surface area contributed by atoms with Gasteiger partial charge in [-0.2, -0.15) is 0 Å². The maximum Gasteiger partial charge on any atom is 0.135 e. The lowest BCUT2D eigenvalue weighted by molar-refractivity contribution is 0.479. The van der Waals surface area contributed by atoms with Crippen LogP contribution in [0, 0.1) is 6.92 Å². The van der Waals surface area contributed by atoms with Crippen LogP contribution in [-0.2, 0) is 12.8 Å². The van der Waals surface area contributed by atoms with Crippen molar-refractivity contribution < 1.29 is 4.74 Å². The lowest BCUT2D eigenvalue weighted by atomic mass is 9.95. The lowest BCUT2D eigenvalue weighted by Gasteiger charge is -2.16. The summed E-state index contributed by atoms with van der Waals surface area (Å²) in [6.07, 6.45) is 5.45. The molecule has 0 fully saturated rings. The van der Waals surface area contributed by atoms with Crippen molar-refractivity contribution in [2.45, 2.75) is 19.8 Å². The molecule has 26 heavy (non-hydrogen) atoms. The minimum atomic E-state index is 0.782. The van der Waals surface area contributed by atoms with E-state index >= 15 is 0 Å². The molecule has 0 aliphatic rings. The van der Waals surface area contributed by atoms with E-state index in [4.69, 9.17) is 4.74 Å². The van der Waals surface area contributed by atoms with Crippen molar-refractivity contribution in [3.63, 3.8) is 0 Å². The second-order valence-electron chi connectivity index (χ2n) is 6.35. The van der Waals surface area contributed by atoms with Crippen LogP contribution >= 0.6 is 0 Å². The Balaban J connectivity index is 2.08. The van der Waals surface area contributed by atoms with Gasteiger partial charge in [0.1, 0.15) is 11.5 Å². The van der Waals surface area contributed by atoms with Crippen molar-refractivity contribution in [1.82, 2.24) is 0 Å². The number of rotatable bonds is 7. The van der Waals surface area contributed by atoms with Crippen molar-refractivity contribution in [1.29, 1.82) is 0 Å². The van der Waals surface area contributed by atoms with Crippen LogP contribution in [0.1, 0.15) is 16.7 Å². The summed E-state index contributed by atoms with van der Waals surface area (Å²) in [6, 6.07) is 22.9. The van der Waals surface area contributed by atoms with Gasteiger partial charge >= 0.3 is 0 Å². The zero-order valence-corrected chi connectivity index (χ0v) is 15.2. The van der Waals surface area contributed by atoms with Crippen LogP contribution in [0.5, 0.6) is 11.5 Å². The third-order valence-corrected chi connectivity index (χ3v) is 4.36. The Bertz CT molecular complexity index is 921. The summed E-state index contributed by atoms with van der Waals surface area (Å²) >= 11 is 0. The maximum atomic E-state index is 6.36. The van der Waals surface area contributed by atoms with E-state index in [2.05, 4.69) is 68.6 Å². The largest absolute Gasteiger partial charge is 0.456 e. The summed E-state index contributed by atoms with van der Waals surface area (Å²) in [5, 5.41) is 0. The van der Waals surface area contributed by atoms with Crippen molar-refractivity contribution in [3.05, 3.63) is 109 Å². The van der Waals surface area contributed by atoms with E-state index in [1.165, 1.54) is 16.7 Å². The summed E-state index contributed by atoms with van der Waals surface area (Å²) in [5.41, 5.74) is 5.88. The average Bonchev–Trinajstić information content (AvgIpc) is 2.66. The Kier molecular flexibility index (Phi) is 5.70. The van der Waals surface area contributed by atoms with E-state index in [0.29, 0.717) is 0 Å². The first kappa shape index (κ1) is 17.8. The molecule has 0 unspecified atom stereocenters. The number of ether oxygens (including phenoxy) is 1. The molecular weight excluding hydrogens is 316 g/mol. The first-order chi connectivity index (χ1) is 12.7. The minimum absolute atomic E-state index is 0.782. The van der Waals surface area contributed by atoms with Gasteiger partial charge in [0.15, 0.2) is 0 Å². The fraction of sp³-hybridized carbons (Fsp3) is 0.120. The second kappa shape index (κ2) is 8.35. The Hall–Kier alpha value is -3.06. The average molecular weight is 340 g/mol. The van der Waals surface area contributed by atoms with E-state index in [1.807, 2.05) is 30.4 Å². The van der Waals surface area contributed by atoms with Gasteiger partial charge < -0.3 is 4.74 Å². The predicted molar refractivity (Wildman–Crippen MR) is 111 cm³/mol. The van der Waals surface area contributed by atoms with Gasteiger partial charge in [-0.05, 0) is 54.7 Å². The third-order valence-electron chi connectivity index (χ3n) is 4.36. The molecule has 0 saturated heterocycles. The molecule has 130 valence electrons. The Morgan fingerprint density at radius 1 is 0.731 bits per heavy atom. The molecule has 0 spiro atoms. The summed E-state index contributed by atoms with van der Waals surface area (Å²) in [7, 11) is 0. The molecule has 3 aromatic rings. The zero-order valence-electron chi connectivity index (χ0n) is 15.2. The van der Waals surface area contributed by atoms with Gasteiger partial charge in [-0.25, -0.2) is 0 Å². The molecule has 0 radical (unpaired) electrons. The number of aryl methyl sites for hydroxylation is 1. The van der Waals surface area contributed by atoms with Crippen molar-refractivity contribution >= 4 is 0 Å². The van der Waals surface area contributed by atoms with Crippen molar-refractivity contribution in [2.75, 3.05) is 0 Å². The van der Waals surface area contributed by atoms with Crippen LogP contribution in [0.15, 0.2) is 92.0 Å². The second-order valence-corrected chi connectivity index (χ2v) is 6.35. The molecule has 0 aliphatic heterocycles. The standard InChI is InChI=1S/C25H24O/c1-4-10-20-12-6-8-14-22(20)23-18-19(3)16-17-25(23)26-24-15-9-7-13-21(24)11-5-2/h4-9,12-18H,1-2,10-11H2,3H3. The van der Waals surface area contributed by atoms with E-state index in [1.54, 1.807) is 0 Å². The molecule has 3 rings (SSSR count). The third kappa shape index (κ3) is 3.94. The maximum absolute atomic E-state index is 6.36. The smallest absolute Gasteiger partial charge is 0.135 e. The zero-order chi connectivity index (χ0) is 18.4. The number of benzene rings is 3.